The van der Waals surface area contributed by atoms with Gasteiger partial charge in [-0.15, -0.1) is 5.10 Å². The zero-order valence-corrected chi connectivity index (χ0v) is 13.9. The van der Waals surface area contributed by atoms with Crippen LogP contribution in [0.3, 0.4) is 0 Å². The number of halogens is 2. The molecule has 8 nitrogen and oxygen atoms in total. The van der Waals surface area contributed by atoms with Crippen molar-refractivity contribution in [1.82, 2.24) is 14.8 Å². The van der Waals surface area contributed by atoms with Crippen LogP contribution in [-0.4, -0.2) is 25.6 Å². The number of nitro groups is 1. The van der Waals surface area contributed by atoms with Gasteiger partial charge in [0.05, 0.1) is 11.5 Å². The van der Waals surface area contributed by atoms with E-state index in [0.29, 0.717) is 5.56 Å². The van der Waals surface area contributed by atoms with E-state index in [1.807, 2.05) is 0 Å². The number of non-ortho nitro benzene ring substituents is 1. The minimum atomic E-state index is -0.550. The second-order valence-electron chi connectivity index (χ2n) is 5.26. The van der Waals surface area contributed by atoms with Crippen molar-refractivity contribution in [2.24, 2.45) is 0 Å². The van der Waals surface area contributed by atoms with Gasteiger partial charge in [-0.05, 0) is 29.8 Å². The third kappa shape index (κ3) is 4.01. The molecule has 3 rings (SSSR count). The van der Waals surface area contributed by atoms with E-state index >= 15 is 0 Å². The maximum Gasteiger partial charge on any atom is 0.269 e. The fourth-order valence-corrected chi connectivity index (χ4v) is 2.39. The molecule has 3 aromatic rings. The van der Waals surface area contributed by atoms with Gasteiger partial charge in [-0.25, -0.2) is 14.1 Å². The van der Waals surface area contributed by atoms with E-state index in [0.717, 1.165) is 0 Å². The molecule has 0 spiro atoms. The van der Waals surface area contributed by atoms with Crippen molar-refractivity contribution in [3.05, 3.63) is 80.9 Å². The number of carbonyl (C=O) groups excluding carboxylic acids is 1. The van der Waals surface area contributed by atoms with Gasteiger partial charge in [0.15, 0.2) is 0 Å². The van der Waals surface area contributed by atoms with E-state index in [9.17, 15) is 19.3 Å². The lowest BCUT2D eigenvalue weighted by Gasteiger charge is -2.04. The Morgan fingerprint density at radius 2 is 2.00 bits per heavy atom. The predicted octanol–water partition coefficient (Wildman–Crippen LogP) is 3.28. The Kier molecular flexibility index (Phi) is 4.90. The highest BCUT2D eigenvalue weighted by Gasteiger charge is 2.12. The Morgan fingerprint density at radius 3 is 2.65 bits per heavy atom. The van der Waals surface area contributed by atoms with Gasteiger partial charge in [0.25, 0.3) is 11.6 Å². The molecule has 132 valence electrons. The summed E-state index contributed by atoms with van der Waals surface area (Å²) in [7, 11) is 0. The first-order valence-electron chi connectivity index (χ1n) is 7.31. The Hall–Kier alpha value is -3.33. The van der Waals surface area contributed by atoms with Crippen molar-refractivity contribution >= 4 is 29.1 Å². The van der Waals surface area contributed by atoms with E-state index in [1.165, 1.54) is 53.5 Å². The Morgan fingerprint density at radius 1 is 1.27 bits per heavy atom. The van der Waals surface area contributed by atoms with Crippen LogP contribution >= 0.6 is 11.6 Å². The number of hydrogen-bond donors (Lipinski definition) is 1. The number of nitrogens with one attached hydrogen (secondary N) is 1. The maximum atomic E-state index is 13.1. The van der Waals surface area contributed by atoms with Crippen LogP contribution in [0, 0.1) is 15.9 Å². The van der Waals surface area contributed by atoms with Gasteiger partial charge in [-0.3, -0.25) is 20.2 Å². The van der Waals surface area contributed by atoms with Crippen molar-refractivity contribution in [3.8, 4) is 0 Å². The van der Waals surface area contributed by atoms with Gasteiger partial charge in [0.2, 0.25) is 5.95 Å². The monoisotopic (exact) mass is 375 g/mol. The average molecular weight is 376 g/mol. The molecule has 0 aliphatic carbocycles. The minimum Gasteiger partial charge on any atom is -0.289 e. The molecule has 26 heavy (non-hydrogen) atoms. The summed E-state index contributed by atoms with van der Waals surface area (Å²) in [6.07, 6.45) is 1.39. The van der Waals surface area contributed by atoms with Crippen LogP contribution in [-0.2, 0) is 6.54 Å². The highest BCUT2D eigenvalue weighted by atomic mass is 35.5. The molecule has 0 fully saturated rings. The highest BCUT2D eigenvalue weighted by Crippen LogP contribution is 2.18. The van der Waals surface area contributed by atoms with E-state index < -0.39 is 16.6 Å². The highest BCUT2D eigenvalue weighted by molar-refractivity contribution is 6.31. The fourth-order valence-electron chi connectivity index (χ4n) is 2.16. The van der Waals surface area contributed by atoms with Crippen LogP contribution in [0.5, 0.6) is 0 Å². The molecule has 0 saturated carbocycles. The summed E-state index contributed by atoms with van der Waals surface area (Å²) >= 11 is 5.97. The van der Waals surface area contributed by atoms with Crippen molar-refractivity contribution in [3.63, 3.8) is 0 Å². The number of nitro benzene ring substituents is 1. The Bertz CT molecular complexity index is 974. The van der Waals surface area contributed by atoms with E-state index in [2.05, 4.69) is 15.4 Å². The molecule has 0 saturated heterocycles. The number of amides is 1. The van der Waals surface area contributed by atoms with E-state index in [-0.39, 0.29) is 28.8 Å². The summed E-state index contributed by atoms with van der Waals surface area (Å²) < 4.78 is 14.5. The summed E-state index contributed by atoms with van der Waals surface area (Å²) in [6.45, 7) is 0.250. The van der Waals surface area contributed by atoms with Gasteiger partial charge in [0.1, 0.15) is 12.1 Å². The first kappa shape index (κ1) is 17.5. The molecule has 0 radical (unpaired) electrons. The van der Waals surface area contributed by atoms with Gasteiger partial charge < -0.3 is 0 Å². The SMILES string of the molecule is O=C(Nc1ncn(Cc2ccc(F)cc2Cl)n1)c1ccc([N+](=O)[O-])cc1. The second kappa shape index (κ2) is 7.28. The molecule has 0 atom stereocenters. The van der Waals surface area contributed by atoms with Crippen molar-refractivity contribution in [2.75, 3.05) is 5.32 Å². The number of nitrogens with zero attached hydrogens (tertiary/aromatic N) is 4. The van der Waals surface area contributed by atoms with E-state index in [4.69, 9.17) is 11.6 Å². The lowest BCUT2D eigenvalue weighted by atomic mass is 10.2. The van der Waals surface area contributed by atoms with Crippen LogP contribution in [0.15, 0.2) is 48.8 Å². The molecule has 0 unspecified atom stereocenters. The fraction of sp³-hybridized carbons (Fsp3) is 0.0625. The molecule has 1 amide bonds. The third-order valence-corrected chi connectivity index (χ3v) is 3.80. The molecule has 2 aromatic carbocycles. The first-order valence-corrected chi connectivity index (χ1v) is 7.69. The quantitative estimate of drug-likeness (QED) is 0.544. The molecule has 1 heterocycles. The van der Waals surface area contributed by atoms with Crippen molar-refractivity contribution in [1.29, 1.82) is 0 Å². The van der Waals surface area contributed by atoms with Gasteiger partial charge in [0, 0.05) is 22.7 Å². The summed E-state index contributed by atoms with van der Waals surface area (Å²) in [5, 5.41) is 17.5. The minimum absolute atomic E-state index is 0.0617. The van der Waals surface area contributed by atoms with Gasteiger partial charge >= 0.3 is 0 Å². The molecule has 0 aliphatic heterocycles. The van der Waals surface area contributed by atoms with Crippen molar-refractivity contribution in [2.45, 2.75) is 6.54 Å². The summed E-state index contributed by atoms with van der Waals surface area (Å²) in [5.41, 5.74) is 0.764. The second-order valence-corrected chi connectivity index (χ2v) is 5.67. The maximum absolute atomic E-state index is 13.1. The average Bonchev–Trinajstić information content (AvgIpc) is 3.04. The smallest absolute Gasteiger partial charge is 0.269 e. The molecule has 1 aromatic heterocycles. The van der Waals surface area contributed by atoms with Gasteiger partial charge in [-0.2, -0.15) is 0 Å². The third-order valence-electron chi connectivity index (χ3n) is 3.45. The number of hydrogen-bond acceptors (Lipinski definition) is 5. The largest absolute Gasteiger partial charge is 0.289 e. The molecule has 0 aliphatic rings. The summed E-state index contributed by atoms with van der Waals surface area (Å²) in [5.74, 6) is -0.877. The van der Waals surface area contributed by atoms with Gasteiger partial charge in [-0.1, -0.05) is 17.7 Å². The number of aromatic nitrogens is 3. The zero-order chi connectivity index (χ0) is 18.7. The Labute approximate surface area is 151 Å². The Balaban J connectivity index is 1.67. The van der Waals surface area contributed by atoms with Crippen LogP contribution in [0.4, 0.5) is 16.0 Å². The normalized spacial score (nSPS) is 10.5. The molecule has 1 N–H and O–H groups in total. The van der Waals surface area contributed by atoms with Crippen LogP contribution < -0.4 is 5.32 Å². The molecular formula is C16H11ClFN5O3. The molecule has 0 bridgehead atoms. The van der Waals surface area contributed by atoms with Crippen LogP contribution in [0.2, 0.25) is 5.02 Å². The summed E-state index contributed by atoms with van der Waals surface area (Å²) in [6, 6.07) is 9.16. The standard InChI is InChI=1S/C16H11ClFN5O3/c17-14-7-12(18)4-1-11(14)8-22-9-19-16(21-22)20-15(24)10-2-5-13(6-3-10)23(25)26/h1-7,9H,8H2,(H,20,21,24). The van der Waals surface area contributed by atoms with Crippen molar-refractivity contribution < 1.29 is 14.1 Å². The predicted molar refractivity (Wildman–Crippen MR) is 91.6 cm³/mol. The number of anilines is 1. The van der Waals surface area contributed by atoms with Crippen LogP contribution in [0.25, 0.3) is 0 Å². The molecule has 10 heteroatoms. The number of carbonyl (C=O) groups is 1. The first-order chi connectivity index (χ1) is 12.4. The summed E-state index contributed by atoms with van der Waals surface area (Å²) in [4.78, 5) is 26.2. The molecular weight excluding hydrogens is 365 g/mol. The zero-order valence-electron chi connectivity index (χ0n) is 13.1. The van der Waals surface area contributed by atoms with Crippen LogP contribution in [0.1, 0.15) is 15.9 Å². The lowest BCUT2D eigenvalue weighted by Crippen LogP contribution is -2.13. The number of rotatable bonds is 5. The van der Waals surface area contributed by atoms with E-state index in [1.54, 1.807) is 0 Å². The topological polar surface area (TPSA) is 103 Å². The number of benzene rings is 2. The lowest BCUT2D eigenvalue weighted by molar-refractivity contribution is -0.384.